The topological polar surface area (TPSA) is 77.4 Å². The van der Waals surface area contributed by atoms with Crippen molar-refractivity contribution in [1.29, 1.82) is 0 Å². The number of carbonyl (C=O) groups is 1. The van der Waals surface area contributed by atoms with Crippen molar-refractivity contribution < 1.29 is 17.9 Å². The zero-order valence-corrected chi connectivity index (χ0v) is 20.7. The summed E-state index contributed by atoms with van der Waals surface area (Å²) in [6.07, 6.45) is 4.35. The number of ether oxygens (including phenoxy) is 1. The molecular weight excluding hydrogens is 460 g/mol. The van der Waals surface area contributed by atoms with Gasteiger partial charge >= 0.3 is 6.09 Å². The summed E-state index contributed by atoms with van der Waals surface area (Å²) in [5, 5.41) is 0.974. The SMILES string of the molecule is CC(C)(C)OC(=O)n1c(-c2ccc(S(=O)(=O)NC3CCCCC3)c(Cl)c2)cc2ccccc21. The van der Waals surface area contributed by atoms with E-state index >= 15 is 0 Å². The number of nitrogens with one attached hydrogen (secondary N) is 1. The third kappa shape index (κ3) is 5.26. The molecule has 1 aromatic heterocycles. The van der Waals surface area contributed by atoms with E-state index in [2.05, 4.69) is 4.72 Å². The average molecular weight is 489 g/mol. The molecule has 4 rings (SSSR count). The van der Waals surface area contributed by atoms with E-state index in [0.29, 0.717) is 16.8 Å². The molecule has 0 saturated heterocycles. The maximum Gasteiger partial charge on any atom is 0.419 e. The normalized spacial score (nSPS) is 15.6. The Bertz CT molecular complexity index is 1290. The van der Waals surface area contributed by atoms with Crippen molar-refractivity contribution in [2.24, 2.45) is 0 Å². The highest BCUT2D eigenvalue weighted by molar-refractivity contribution is 7.89. The monoisotopic (exact) mass is 488 g/mol. The Balaban J connectivity index is 1.73. The summed E-state index contributed by atoms with van der Waals surface area (Å²) in [5.74, 6) is 0. The number of nitrogens with zero attached hydrogens (tertiary/aromatic N) is 1. The fourth-order valence-electron chi connectivity index (χ4n) is 4.25. The van der Waals surface area contributed by atoms with Crippen LogP contribution in [0.15, 0.2) is 53.4 Å². The van der Waals surface area contributed by atoms with Crippen molar-refractivity contribution in [2.75, 3.05) is 0 Å². The highest BCUT2D eigenvalue weighted by Crippen LogP contribution is 2.33. The quantitative estimate of drug-likeness (QED) is 0.463. The molecule has 6 nitrogen and oxygen atoms in total. The first-order valence-electron chi connectivity index (χ1n) is 11.2. The summed E-state index contributed by atoms with van der Waals surface area (Å²) >= 11 is 6.47. The third-order valence-electron chi connectivity index (χ3n) is 5.73. The van der Waals surface area contributed by atoms with Gasteiger partial charge in [-0.1, -0.05) is 55.1 Å². The number of para-hydroxylation sites is 1. The minimum absolute atomic E-state index is 0.0402. The molecule has 1 N–H and O–H groups in total. The Hall–Kier alpha value is -2.35. The van der Waals surface area contributed by atoms with Gasteiger partial charge in [0.25, 0.3) is 0 Å². The standard InChI is InChI=1S/C25H29ClN2O4S/c1-25(2,3)32-24(29)28-21-12-8-7-9-17(21)16-22(28)18-13-14-23(20(26)15-18)33(30,31)27-19-10-5-4-6-11-19/h7-9,12-16,19,27H,4-6,10-11H2,1-3H3. The van der Waals surface area contributed by atoms with Crippen LogP contribution in [0.2, 0.25) is 5.02 Å². The molecule has 33 heavy (non-hydrogen) atoms. The van der Waals surface area contributed by atoms with E-state index in [1.807, 2.05) is 51.1 Å². The molecule has 0 aliphatic heterocycles. The molecule has 2 aromatic carbocycles. The van der Waals surface area contributed by atoms with Crippen LogP contribution in [0.1, 0.15) is 52.9 Å². The van der Waals surface area contributed by atoms with Crippen LogP contribution in [0.4, 0.5) is 4.79 Å². The third-order valence-corrected chi connectivity index (χ3v) is 7.73. The van der Waals surface area contributed by atoms with Gasteiger partial charge in [0.05, 0.1) is 16.2 Å². The molecule has 1 fully saturated rings. The number of sulfonamides is 1. The van der Waals surface area contributed by atoms with Gasteiger partial charge in [-0.3, -0.25) is 0 Å². The minimum atomic E-state index is -3.75. The van der Waals surface area contributed by atoms with E-state index in [0.717, 1.165) is 37.5 Å². The van der Waals surface area contributed by atoms with E-state index in [-0.39, 0.29) is 16.0 Å². The number of hydrogen-bond acceptors (Lipinski definition) is 4. The first kappa shape index (κ1) is 23.8. The number of halogens is 1. The van der Waals surface area contributed by atoms with E-state index in [4.69, 9.17) is 16.3 Å². The lowest BCUT2D eigenvalue weighted by molar-refractivity contribution is 0.0547. The zero-order chi connectivity index (χ0) is 23.8. The first-order chi connectivity index (χ1) is 15.5. The average Bonchev–Trinajstić information content (AvgIpc) is 3.12. The number of aromatic nitrogens is 1. The molecule has 0 bridgehead atoms. The number of carbonyl (C=O) groups excluding carboxylic acids is 1. The Morgan fingerprint density at radius 2 is 1.76 bits per heavy atom. The molecule has 0 amide bonds. The minimum Gasteiger partial charge on any atom is -0.443 e. The molecule has 1 aliphatic carbocycles. The van der Waals surface area contributed by atoms with Gasteiger partial charge in [-0.05, 0) is 57.9 Å². The van der Waals surface area contributed by atoms with Gasteiger partial charge < -0.3 is 4.74 Å². The lowest BCUT2D eigenvalue weighted by Gasteiger charge is -2.23. The predicted molar refractivity (Wildman–Crippen MR) is 131 cm³/mol. The molecule has 3 aromatic rings. The second-order valence-electron chi connectivity index (χ2n) is 9.51. The number of fused-ring (bicyclic) bond motifs is 1. The van der Waals surface area contributed by atoms with Gasteiger partial charge in [0.1, 0.15) is 10.5 Å². The smallest absolute Gasteiger partial charge is 0.419 e. The molecule has 176 valence electrons. The predicted octanol–water partition coefficient (Wildman–Crippen LogP) is 6.36. The second kappa shape index (κ2) is 9.12. The summed E-state index contributed by atoms with van der Waals surface area (Å²) in [7, 11) is -3.75. The molecule has 0 spiro atoms. The van der Waals surface area contributed by atoms with E-state index in [1.165, 1.54) is 10.6 Å². The number of hydrogen-bond donors (Lipinski definition) is 1. The van der Waals surface area contributed by atoms with E-state index in [9.17, 15) is 13.2 Å². The number of rotatable bonds is 4. The van der Waals surface area contributed by atoms with Crippen LogP contribution in [0.5, 0.6) is 0 Å². The molecule has 1 heterocycles. The molecular formula is C25H29ClN2O4S. The van der Waals surface area contributed by atoms with E-state index < -0.39 is 21.7 Å². The van der Waals surface area contributed by atoms with Gasteiger partial charge in [-0.2, -0.15) is 0 Å². The zero-order valence-electron chi connectivity index (χ0n) is 19.1. The largest absolute Gasteiger partial charge is 0.443 e. The summed E-state index contributed by atoms with van der Waals surface area (Å²) in [6.45, 7) is 5.43. The fraction of sp³-hybridized carbons (Fsp3) is 0.400. The van der Waals surface area contributed by atoms with Crippen LogP contribution in [0, 0.1) is 0 Å². The van der Waals surface area contributed by atoms with Gasteiger partial charge in [0.2, 0.25) is 10.0 Å². The molecule has 1 aliphatic rings. The van der Waals surface area contributed by atoms with Crippen LogP contribution in [0.25, 0.3) is 22.2 Å². The summed E-state index contributed by atoms with van der Waals surface area (Å²) in [4.78, 5) is 13.1. The maximum atomic E-state index is 13.1. The molecule has 8 heteroatoms. The molecule has 0 unspecified atom stereocenters. The lowest BCUT2D eigenvalue weighted by Crippen LogP contribution is -2.36. The molecule has 0 radical (unpaired) electrons. The van der Waals surface area contributed by atoms with Gasteiger partial charge in [-0.15, -0.1) is 0 Å². The van der Waals surface area contributed by atoms with Crippen LogP contribution in [-0.4, -0.2) is 30.7 Å². The van der Waals surface area contributed by atoms with Crippen LogP contribution < -0.4 is 4.72 Å². The summed E-state index contributed by atoms with van der Waals surface area (Å²) < 4.78 is 35.9. The van der Waals surface area contributed by atoms with Gasteiger partial charge in [0.15, 0.2) is 0 Å². The molecule has 0 atom stereocenters. The van der Waals surface area contributed by atoms with Crippen LogP contribution >= 0.6 is 11.6 Å². The summed E-state index contributed by atoms with van der Waals surface area (Å²) in [6, 6.07) is 14.1. The Morgan fingerprint density at radius 1 is 1.06 bits per heavy atom. The fourth-order valence-corrected chi connectivity index (χ4v) is 6.10. The Kier molecular flexibility index (Phi) is 6.58. The van der Waals surface area contributed by atoms with Crippen molar-refractivity contribution in [3.05, 3.63) is 53.6 Å². The maximum absolute atomic E-state index is 13.1. The summed E-state index contributed by atoms with van der Waals surface area (Å²) in [5.41, 5.74) is 1.24. The van der Waals surface area contributed by atoms with Crippen molar-refractivity contribution >= 4 is 38.6 Å². The van der Waals surface area contributed by atoms with Gasteiger partial charge in [-0.25, -0.2) is 22.5 Å². The highest BCUT2D eigenvalue weighted by Gasteiger charge is 2.26. The number of benzene rings is 2. The Labute approximate surface area is 199 Å². The van der Waals surface area contributed by atoms with Crippen molar-refractivity contribution in [1.82, 2.24) is 9.29 Å². The molecule has 1 saturated carbocycles. The van der Waals surface area contributed by atoms with Gasteiger partial charge in [0, 0.05) is 17.0 Å². The highest BCUT2D eigenvalue weighted by atomic mass is 35.5. The van der Waals surface area contributed by atoms with E-state index in [1.54, 1.807) is 12.1 Å². The lowest BCUT2D eigenvalue weighted by atomic mass is 9.96. The first-order valence-corrected chi connectivity index (χ1v) is 13.1. The van der Waals surface area contributed by atoms with Crippen molar-refractivity contribution in [2.45, 2.75) is 69.4 Å². The van der Waals surface area contributed by atoms with Crippen molar-refractivity contribution in [3.8, 4) is 11.3 Å². The Morgan fingerprint density at radius 3 is 2.42 bits per heavy atom. The second-order valence-corrected chi connectivity index (χ2v) is 11.6. The van der Waals surface area contributed by atoms with Crippen molar-refractivity contribution in [3.63, 3.8) is 0 Å². The van der Waals surface area contributed by atoms with Crippen LogP contribution in [-0.2, 0) is 14.8 Å². The van der Waals surface area contributed by atoms with Crippen LogP contribution in [0.3, 0.4) is 0 Å².